The van der Waals surface area contributed by atoms with Gasteiger partial charge in [0.05, 0.1) is 6.61 Å². The number of halogens is 3. The largest absolute Gasteiger partial charge is 0.394 e. The van der Waals surface area contributed by atoms with Crippen molar-refractivity contribution >= 4 is 40.0 Å². The SMILES string of the molecule is O=C(Cl)[C@@](O)(Cl)[C@](O)(Cl)[C@H](O)[C@H](O)CO. The maximum absolute atomic E-state index is 10.6. The van der Waals surface area contributed by atoms with Gasteiger partial charge in [-0.2, -0.15) is 0 Å². The van der Waals surface area contributed by atoms with Crippen LogP contribution >= 0.6 is 34.8 Å². The summed E-state index contributed by atoms with van der Waals surface area (Å²) in [4.78, 5) is 10.6. The van der Waals surface area contributed by atoms with E-state index in [0.717, 1.165) is 0 Å². The van der Waals surface area contributed by atoms with E-state index in [4.69, 9.17) is 45.0 Å². The molecule has 90 valence electrons. The second kappa shape index (κ2) is 5.11. The van der Waals surface area contributed by atoms with Gasteiger partial charge in [0.2, 0.25) is 5.06 Å². The molecule has 0 aromatic heterocycles. The highest BCUT2D eigenvalue weighted by Gasteiger charge is 2.58. The Morgan fingerprint density at radius 3 is 1.93 bits per heavy atom. The van der Waals surface area contributed by atoms with Gasteiger partial charge in [-0.25, -0.2) is 0 Å². The summed E-state index contributed by atoms with van der Waals surface area (Å²) in [7, 11) is 0. The summed E-state index contributed by atoms with van der Waals surface area (Å²) in [6.45, 7) is -0.973. The molecular formula is C6H9Cl3O6. The van der Waals surface area contributed by atoms with E-state index in [2.05, 4.69) is 0 Å². The standard InChI is InChI=1S/C6H9Cl3O6/c7-4(13)6(9,15)5(8,14)3(12)2(11)1-10/h2-3,10-12,14-15H,1H2/t2-,3-,5+,6+/m1/s1. The molecule has 15 heavy (non-hydrogen) atoms. The van der Waals surface area contributed by atoms with Crippen molar-refractivity contribution in [2.24, 2.45) is 0 Å². The Kier molecular flexibility index (Phi) is 5.23. The summed E-state index contributed by atoms with van der Waals surface area (Å²) in [5.74, 6) is 0. The predicted octanol–water partition coefficient (Wildman–Crippen LogP) is -1.68. The van der Waals surface area contributed by atoms with Crippen molar-refractivity contribution < 1.29 is 30.3 Å². The lowest BCUT2D eigenvalue weighted by molar-refractivity contribution is -0.162. The molecule has 0 bridgehead atoms. The average molecular weight is 283 g/mol. The first-order chi connectivity index (χ1) is 6.59. The van der Waals surface area contributed by atoms with E-state index >= 15 is 0 Å². The molecule has 0 fully saturated rings. The van der Waals surface area contributed by atoms with Gasteiger partial charge in [-0.1, -0.05) is 23.2 Å². The van der Waals surface area contributed by atoms with Crippen molar-refractivity contribution in [3.8, 4) is 0 Å². The topological polar surface area (TPSA) is 118 Å². The minimum Gasteiger partial charge on any atom is -0.394 e. The fourth-order valence-electron chi connectivity index (χ4n) is 0.689. The zero-order chi connectivity index (χ0) is 12.4. The summed E-state index contributed by atoms with van der Waals surface area (Å²) in [6.07, 6.45) is -4.19. The summed E-state index contributed by atoms with van der Waals surface area (Å²) >= 11 is 15.1. The van der Waals surface area contributed by atoms with Crippen LogP contribution in [0.5, 0.6) is 0 Å². The third-order valence-corrected chi connectivity index (χ3v) is 3.09. The first-order valence-electron chi connectivity index (χ1n) is 3.58. The van der Waals surface area contributed by atoms with Crippen LogP contribution in [0.25, 0.3) is 0 Å². The van der Waals surface area contributed by atoms with Crippen molar-refractivity contribution in [1.29, 1.82) is 0 Å². The minimum atomic E-state index is -3.20. The van der Waals surface area contributed by atoms with E-state index in [0.29, 0.717) is 0 Å². The highest BCUT2D eigenvalue weighted by atomic mass is 35.5. The lowest BCUT2D eigenvalue weighted by Crippen LogP contribution is -2.61. The van der Waals surface area contributed by atoms with Crippen LogP contribution in [0, 0.1) is 0 Å². The molecule has 0 spiro atoms. The Hall–Kier alpha value is 0.340. The number of rotatable bonds is 5. The normalized spacial score (nSPS) is 23.7. The Morgan fingerprint density at radius 2 is 1.67 bits per heavy atom. The Balaban J connectivity index is 5.04. The molecule has 9 heteroatoms. The van der Waals surface area contributed by atoms with Crippen LogP contribution in [0.2, 0.25) is 0 Å². The van der Waals surface area contributed by atoms with Crippen LogP contribution in [-0.2, 0) is 4.79 Å². The van der Waals surface area contributed by atoms with E-state index < -0.39 is 34.2 Å². The first kappa shape index (κ1) is 15.3. The van der Waals surface area contributed by atoms with Crippen molar-refractivity contribution in [3.05, 3.63) is 0 Å². The monoisotopic (exact) mass is 282 g/mol. The summed E-state index contributed by atoms with van der Waals surface area (Å²) in [6, 6.07) is 0. The zero-order valence-corrected chi connectivity index (χ0v) is 9.41. The third-order valence-electron chi connectivity index (χ3n) is 1.67. The molecule has 0 heterocycles. The molecular weight excluding hydrogens is 274 g/mol. The van der Waals surface area contributed by atoms with Gasteiger partial charge >= 0.3 is 0 Å². The molecule has 0 aliphatic rings. The maximum atomic E-state index is 10.6. The average Bonchev–Trinajstić information content (AvgIpc) is 2.14. The predicted molar refractivity (Wildman–Crippen MR) is 51.6 cm³/mol. The van der Waals surface area contributed by atoms with Crippen LogP contribution in [0.15, 0.2) is 0 Å². The maximum Gasteiger partial charge on any atom is 0.273 e. The zero-order valence-electron chi connectivity index (χ0n) is 7.14. The number of aliphatic hydroxyl groups excluding tert-OH is 3. The molecule has 4 atom stereocenters. The van der Waals surface area contributed by atoms with Gasteiger partial charge in [0.25, 0.3) is 10.3 Å². The summed E-state index contributed by atoms with van der Waals surface area (Å²) in [5, 5.41) is 37.1. The highest BCUT2D eigenvalue weighted by Crippen LogP contribution is 2.36. The van der Waals surface area contributed by atoms with Crippen LogP contribution < -0.4 is 0 Å². The number of hydrogen-bond donors (Lipinski definition) is 5. The lowest BCUT2D eigenvalue weighted by Gasteiger charge is -2.36. The van der Waals surface area contributed by atoms with Gasteiger partial charge < -0.3 is 25.5 Å². The van der Waals surface area contributed by atoms with E-state index in [1.165, 1.54) is 0 Å². The first-order valence-corrected chi connectivity index (χ1v) is 4.72. The van der Waals surface area contributed by atoms with Gasteiger partial charge in [0.1, 0.15) is 12.2 Å². The quantitative estimate of drug-likeness (QED) is 0.304. The van der Waals surface area contributed by atoms with Crippen molar-refractivity contribution in [3.63, 3.8) is 0 Å². The van der Waals surface area contributed by atoms with Crippen molar-refractivity contribution in [2.45, 2.75) is 22.3 Å². The lowest BCUT2D eigenvalue weighted by atomic mass is 10.0. The van der Waals surface area contributed by atoms with Gasteiger partial charge in [-0.05, 0) is 11.6 Å². The molecule has 5 N–H and O–H groups in total. The van der Waals surface area contributed by atoms with Crippen molar-refractivity contribution in [1.82, 2.24) is 0 Å². The second-order valence-corrected chi connectivity index (χ2v) is 4.23. The molecule has 6 nitrogen and oxygen atoms in total. The van der Waals surface area contributed by atoms with E-state index in [1.807, 2.05) is 0 Å². The minimum absolute atomic E-state index is 0.973. The van der Waals surface area contributed by atoms with E-state index in [-0.39, 0.29) is 0 Å². The molecule has 0 aliphatic heterocycles. The van der Waals surface area contributed by atoms with Gasteiger partial charge in [-0.15, -0.1) is 0 Å². The molecule has 0 unspecified atom stereocenters. The fraction of sp³-hybridized carbons (Fsp3) is 0.833. The molecule has 0 radical (unpaired) electrons. The Morgan fingerprint density at radius 1 is 1.27 bits per heavy atom. The van der Waals surface area contributed by atoms with Gasteiger partial charge in [0, 0.05) is 0 Å². The molecule has 0 aromatic carbocycles. The molecule has 0 aromatic rings. The summed E-state index contributed by atoms with van der Waals surface area (Å²) < 4.78 is 0. The number of hydrogen-bond acceptors (Lipinski definition) is 6. The van der Waals surface area contributed by atoms with Gasteiger partial charge in [-0.3, -0.25) is 4.79 Å². The smallest absolute Gasteiger partial charge is 0.273 e. The number of alkyl halides is 2. The van der Waals surface area contributed by atoms with Gasteiger partial charge in [0.15, 0.2) is 0 Å². The second-order valence-electron chi connectivity index (χ2n) is 2.76. The van der Waals surface area contributed by atoms with Crippen LogP contribution in [0.1, 0.15) is 0 Å². The Labute approximate surface area is 99.6 Å². The highest BCUT2D eigenvalue weighted by molar-refractivity contribution is 6.71. The Bertz CT molecular complexity index is 243. The molecule has 0 saturated carbocycles. The molecule has 0 amide bonds. The van der Waals surface area contributed by atoms with E-state index in [1.54, 1.807) is 0 Å². The molecule has 0 saturated heterocycles. The number of carbonyl (C=O) groups is 1. The fourth-order valence-corrected chi connectivity index (χ4v) is 1.22. The van der Waals surface area contributed by atoms with Crippen LogP contribution in [0.4, 0.5) is 0 Å². The molecule has 0 aliphatic carbocycles. The van der Waals surface area contributed by atoms with E-state index in [9.17, 15) is 20.1 Å². The summed E-state index contributed by atoms with van der Waals surface area (Å²) in [5.41, 5.74) is 0. The third kappa shape index (κ3) is 2.92. The van der Waals surface area contributed by atoms with Crippen LogP contribution in [0.3, 0.4) is 0 Å². The van der Waals surface area contributed by atoms with Crippen LogP contribution in [-0.4, -0.2) is 59.7 Å². The number of carbonyl (C=O) groups excluding carboxylic acids is 1. The number of aliphatic hydroxyl groups is 5. The molecule has 0 rings (SSSR count). The van der Waals surface area contributed by atoms with Crippen molar-refractivity contribution in [2.75, 3.05) is 6.61 Å².